The summed E-state index contributed by atoms with van der Waals surface area (Å²) in [6.07, 6.45) is 2.20. The minimum absolute atomic E-state index is 0.258. The van der Waals surface area contributed by atoms with Gasteiger partial charge in [0.05, 0.1) is 10.9 Å². The number of halogens is 1. The molecule has 2 aromatic heterocycles. The molecule has 1 N–H and O–H groups in total. The molecule has 0 saturated heterocycles. The number of anilines is 1. The van der Waals surface area contributed by atoms with Crippen LogP contribution in [0.2, 0.25) is 0 Å². The lowest BCUT2D eigenvalue weighted by molar-refractivity contribution is 0.103. The third-order valence-electron chi connectivity index (χ3n) is 4.52. The van der Waals surface area contributed by atoms with Gasteiger partial charge < -0.3 is 5.32 Å². The summed E-state index contributed by atoms with van der Waals surface area (Å²) in [5, 5.41) is 15.2. The molecule has 0 radical (unpaired) electrons. The fourth-order valence-electron chi connectivity index (χ4n) is 2.98. The molecule has 0 unspecified atom stereocenters. The molecule has 1 aliphatic carbocycles. The molecule has 1 fully saturated rings. The summed E-state index contributed by atoms with van der Waals surface area (Å²) in [5.41, 5.74) is 1.56. The number of carbonyl (C=O) groups excluding carboxylic acids is 1. The van der Waals surface area contributed by atoms with E-state index in [2.05, 4.69) is 20.8 Å². The maximum absolute atomic E-state index is 13.8. The van der Waals surface area contributed by atoms with Crippen LogP contribution in [0.25, 0.3) is 21.5 Å². The first-order valence-corrected chi connectivity index (χ1v) is 9.38. The molecule has 2 aromatic carbocycles. The van der Waals surface area contributed by atoms with Crippen LogP contribution in [0.1, 0.15) is 28.6 Å². The second kappa shape index (κ2) is 6.24. The maximum Gasteiger partial charge on any atom is 0.265 e. The Hall–Kier alpha value is -3.13. The van der Waals surface area contributed by atoms with Crippen LogP contribution in [0.5, 0.6) is 0 Å². The van der Waals surface area contributed by atoms with Crippen LogP contribution in [-0.2, 0) is 0 Å². The van der Waals surface area contributed by atoms with E-state index in [0.29, 0.717) is 22.0 Å². The van der Waals surface area contributed by atoms with Crippen molar-refractivity contribution in [2.24, 2.45) is 0 Å². The molecule has 4 aromatic rings. The highest BCUT2D eigenvalue weighted by atomic mass is 32.1. The summed E-state index contributed by atoms with van der Waals surface area (Å²) < 4.78 is 16.4. The van der Waals surface area contributed by atoms with Gasteiger partial charge in [-0.2, -0.15) is 0 Å². The van der Waals surface area contributed by atoms with E-state index in [-0.39, 0.29) is 11.7 Å². The Labute approximate surface area is 157 Å². The summed E-state index contributed by atoms with van der Waals surface area (Å²) in [7, 11) is 0. The zero-order valence-corrected chi connectivity index (χ0v) is 14.9. The number of fused-ring (bicyclic) bond motifs is 1. The molecule has 1 aliphatic rings. The van der Waals surface area contributed by atoms with Gasteiger partial charge in [0.25, 0.3) is 5.91 Å². The first-order valence-electron chi connectivity index (χ1n) is 8.57. The summed E-state index contributed by atoms with van der Waals surface area (Å²) in [6, 6.07) is 14.2. The number of carbonyl (C=O) groups is 1. The van der Waals surface area contributed by atoms with Crippen molar-refractivity contribution in [1.29, 1.82) is 0 Å². The molecule has 27 heavy (non-hydrogen) atoms. The molecule has 1 saturated carbocycles. The van der Waals surface area contributed by atoms with Gasteiger partial charge in [0.2, 0.25) is 0 Å². The van der Waals surface area contributed by atoms with Crippen LogP contribution in [0.15, 0.2) is 48.5 Å². The van der Waals surface area contributed by atoms with E-state index in [0.717, 1.165) is 28.9 Å². The number of thiophene rings is 1. The number of nitrogens with zero attached hydrogens (tertiary/aromatic N) is 4. The van der Waals surface area contributed by atoms with Gasteiger partial charge in [-0.3, -0.25) is 4.79 Å². The highest BCUT2D eigenvalue weighted by Crippen LogP contribution is 2.36. The summed E-state index contributed by atoms with van der Waals surface area (Å²) in [4.78, 5) is 13.0. The van der Waals surface area contributed by atoms with Gasteiger partial charge in [0.15, 0.2) is 5.82 Å². The zero-order valence-electron chi connectivity index (χ0n) is 14.1. The van der Waals surface area contributed by atoms with Crippen LogP contribution in [0, 0.1) is 5.82 Å². The smallest absolute Gasteiger partial charge is 0.265 e. The summed E-state index contributed by atoms with van der Waals surface area (Å²) in [5.74, 6) is 0.155. The molecule has 134 valence electrons. The Balaban J connectivity index is 1.36. The number of rotatable bonds is 4. The second-order valence-electron chi connectivity index (χ2n) is 6.47. The van der Waals surface area contributed by atoms with Gasteiger partial charge in [0, 0.05) is 21.3 Å². The van der Waals surface area contributed by atoms with Gasteiger partial charge in [0.1, 0.15) is 5.82 Å². The molecular formula is C19H14FN5OS. The fraction of sp³-hybridized carbons (Fsp3) is 0.158. The molecule has 2 heterocycles. The van der Waals surface area contributed by atoms with E-state index >= 15 is 0 Å². The molecule has 0 atom stereocenters. The number of hydrogen-bond acceptors (Lipinski definition) is 5. The van der Waals surface area contributed by atoms with Crippen molar-refractivity contribution in [2.75, 3.05) is 5.32 Å². The van der Waals surface area contributed by atoms with Gasteiger partial charge >= 0.3 is 0 Å². The van der Waals surface area contributed by atoms with Crippen molar-refractivity contribution in [3.05, 3.63) is 59.2 Å². The quantitative estimate of drug-likeness (QED) is 0.574. The predicted octanol–water partition coefficient (Wildman–Crippen LogP) is 4.28. The van der Waals surface area contributed by atoms with Gasteiger partial charge in [-0.15, -0.1) is 16.4 Å². The van der Waals surface area contributed by atoms with Crippen LogP contribution in [0.4, 0.5) is 10.1 Å². The fourth-order valence-corrected chi connectivity index (χ4v) is 3.95. The highest BCUT2D eigenvalue weighted by molar-refractivity contribution is 7.20. The average molecular weight is 379 g/mol. The van der Waals surface area contributed by atoms with Crippen LogP contribution >= 0.6 is 11.3 Å². The van der Waals surface area contributed by atoms with Gasteiger partial charge in [-0.1, -0.05) is 6.07 Å². The topological polar surface area (TPSA) is 72.7 Å². The third kappa shape index (κ3) is 2.97. The van der Waals surface area contributed by atoms with E-state index in [4.69, 9.17) is 0 Å². The maximum atomic E-state index is 13.8. The monoisotopic (exact) mass is 379 g/mol. The number of benzene rings is 2. The zero-order chi connectivity index (χ0) is 18.4. The number of tetrazole rings is 1. The van der Waals surface area contributed by atoms with Crippen molar-refractivity contribution in [3.8, 4) is 11.4 Å². The number of hydrogen-bond donors (Lipinski definition) is 1. The lowest BCUT2D eigenvalue weighted by Gasteiger charge is -2.06. The summed E-state index contributed by atoms with van der Waals surface area (Å²) in [6.45, 7) is 0. The Kier molecular flexibility index (Phi) is 3.71. The highest BCUT2D eigenvalue weighted by Gasteiger charge is 2.28. The number of aromatic nitrogens is 4. The molecule has 5 rings (SSSR count). The van der Waals surface area contributed by atoms with Crippen LogP contribution in [-0.4, -0.2) is 26.1 Å². The Morgan fingerprint density at radius 3 is 2.74 bits per heavy atom. The SMILES string of the molecule is O=C(Nc1ccc(-c2nnnn2C2CC2)cc1)c1cc2c(F)cccc2s1. The Morgan fingerprint density at radius 1 is 1.19 bits per heavy atom. The Bertz CT molecular complexity index is 1150. The minimum Gasteiger partial charge on any atom is -0.321 e. The van der Waals surface area contributed by atoms with Crippen LogP contribution < -0.4 is 5.32 Å². The van der Waals surface area contributed by atoms with Crippen molar-refractivity contribution < 1.29 is 9.18 Å². The van der Waals surface area contributed by atoms with E-state index in [1.165, 1.54) is 17.4 Å². The van der Waals surface area contributed by atoms with Crippen molar-refractivity contribution >= 4 is 33.0 Å². The van der Waals surface area contributed by atoms with Crippen molar-refractivity contribution in [1.82, 2.24) is 20.2 Å². The number of nitrogens with one attached hydrogen (secondary N) is 1. The average Bonchev–Trinajstić information content (AvgIpc) is 3.23. The van der Waals surface area contributed by atoms with Crippen LogP contribution in [0.3, 0.4) is 0 Å². The lowest BCUT2D eigenvalue weighted by Crippen LogP contribution is -2.10. The normalized spacial score (nSPS) is 13.8. The molecule has 0 spiro atoms. The number of amides is 1. The molecular weight excluding hydrogens is 365 g/mol. The molecule has 0 bridgehead atoms. The van der Waals surface area contributed by atoms with Gasteiger partial charge in [-0.25, -0.2) is 9.07 Å². The van der Waals surface area contributed by atoms with E-state index < -0.39 is 0 Å². The van der Waals surface area contributed by atoms with Gasteiger partial charge in [-0.05, 0) is 65.7 Å². The minimum atomic E-state index is -0.319. The predicted molar refractivity (Wildman–Crippen MR) is 101 cm³/mol. The molecule has 6 nitrogen and oxygen atoms in total. The second-order valence-corrected chi connectivity index (χ2v) is 7.56. The summed E-state index contributed by atoms with van der Waals surface area (Å²) >= 11 is 1.27. The standard InChI is InChI=1S/C19H14FN5OS/c20-15-2-1-3-16-14(15)10-17(27-16)19(26)21-12-6-4-11(5-7-12)18-22-23-24-25(18)13-8-9-13/h1-7,10,13H,8-9H2,(H,21,26). The Morgan fingerprint density at radius 2 is 2.00 bits per heavy atom. The molecule has 1 amide bonds. The first kappa shape index (κ1) is 16.1. The first-order chi connectivity index (χ1) is 13.2. The van der Waals surface area contributed by atoms with E-state index in [1.54, 1.807) is 18.2 Å². The van der Waals surface area contributed by atoms with Crippen molar-refractivity contribution in [3.63, 3.8) is 0 Å². The van der Waals surface area contributed by atoms with E-state index in [1.807, 2.05) is 28.9 Å². The largest absolute Gasteiger partial charge is 0.321 e. The van der Waals surface area contributed by atoms with Crippen molar-refractivity contribution in [2.45, 2.75) is 18.9 Å². The third-order valence-corrected chi connectivity index (χ3v) is 5.62. The van der Waals surface area contributed by atoms with E-state index in [9.17, 15) is 9.18 Å². The molecule has 8 heteroatoms. The molecule has 0 aliphatic heterocycles. The lowest BCUT2D eigenvalue weighted by atomic mass is 10.2.